The summed E-state index contributed by atoms with van der Waals surface area (Å²) in [6, 6.07) is 7.77. The number of piperidine rings is 1. The lowest BCUT2D eigenvalue weighted by Gasteiger charge is -2.28. The highest BCUT2D eigenvalue weighted by atomic mass is 19.1. The molecule has 1 fully saturated rings. The van der Waals surface area contributed by atoms with Crippen LogP contribution in [0.5, 0.6) is 0 Å². The highest BCUT2D eigenvalue weighted by Gasteiger charge is 2.22. The van der Waals surface area contributed by atoms with Crippen LogP contribution in [0.2, 0.25) is 0 Å². The summed E-state index contributed by atoms with van der Waals surface area (Å²) in [5.74, 6) is 0.132. The quantitative estimate of drug-likeness (QED) is 0.313. The zero-order valence-electron chi connectivity index (χ0n) is 19.8. The first kappa shape index (κ1) is 21.5. The fourth-order valence-corrected chi connectivity index (χ4v) is 4.87. The van der Waals surface area contributed by atoms with Crippen molar-refractivity contribution in [3.05, 3.63) is 48.7 Å². The molecule has 3 N–H and O–H groups in total. The molecule has 178 valence electrons. The molecule has 5 heterocycles. The first-order valence-corrected chi connectivity index (χ1v) is 12.1. The molecule has 0 radical (unpaired) electrons. The largest absolute Gasteiger partial charge is 0.382 e. The van der Waals surface area contributed by atoms with E-state index in [1.165, 1.54) is 19.3 Å². The van der Waals surface area contributed by atoms with E-state index in [1.807, 2.05) is 18.2 Å². The Morgan fingerprint density at radius 1 is 1.09 bits per heavy atom. The van der Waals surface area contributed by atoms with Gasteiger partial charge in [-0.15, -0.1) is 0 Å². The fourth-order valence-electron chi connectivity index (χ4n) is 4.87. The van der Waals surface area contributed by atoms with Gasteiger partial charge < -0.3 is 15.2 Å². The molecule has 0 spiro atoms. The summed E-state index contributed by atoms with van der Waals surface area (Å²) < 4.78 is 16.0. The second-order valence-corrected chi connectivity index (χ2v) is 9.35. The number of hydrogen-bond acceptors (Lipinski definition) is 6. The first-order valence-electron chi connectivity index (χ1n) is 12.1. The Morgan fingerprint density at radius 3 is 2.77 bits per heavy atom. The number of nitrogens with one attached hydrogen (secondary N) is 3. The van der Waals surface area contributed by atoms with Crippen LogP contribution in [0.1, 0.15) is 33.1 Å². The minimum absolute atomic E-state index is 0.247. The Bertz CT molecular complexity index is 1510. The van der Waals surface area contributed by atoms with Crippen LogP contribution in [-0.4, -0.2) is 49.3 Å². The van der Waals surface area contributed by atoms with Gasteiger partial charge in [0.25, 0.3) is 0 Å². The van der Waals surface area contributed by atoms with Gasteiger partial charge in [0, 0.05) is 48.8 Å². The smallest absolute Gasteiger partial charge is 0.180 e. The molecule has 0 amide bonds. The van der Waals surface area contributed by atoms with Crippen LogP contribution >= 0.6 is 0 Å². The topological polar surface area (TPSA) is 98.4 Å². The number of rotatable bonds is 5. The lowest BCUT2D eigenvalue weighted by atomic mass is 10.0. The van der Waals surface area contributed by atoms with Gasteiger partial charge in [0.2, 0.25) is 0 Å². The van der Waals surface area contributed by atoms with E-state index < -0.39 is 0 Å². The van der Waals surface area contributed by atoms with Crippen molar-refractivity contribution in [3.8, 4) is 22.6 Å². The maximum Gasteiger partial charge on any atom is 0.180 e. The molecule has 0 bridgehead atoms. The molecule has 9 heteroatoms. The van der Waals surface area contributed by atoms with Gasteiger partial charge in [0.15, 0.2) is 11.5 Å². The Kier molecular flexibility index (Phi) is 5.32. The highest BCUT2D eigenvalue weighted by Crippen LogP contribution is 2.35. The number of imidazole rings is 1. The van der Waals surface area contributed by atoms with Gasteiger partial charge in [-0.1, -0.05) is 0 Å². The zero-order valence-corrected chi connectivity index (χ0v) is 19.8. The number of benzene rings is 1. The van der Waals surface area contributed by atoms with Gasteiger partial charge in [0.1, 0.15) is 17.0 Å². The molecule has 0 aliphatic carbocycles. The molecule has 1 aromatic carbocycles. The molecule has 4 aromatic heterocycles. The molecular weight excluding hydrogens is 443 g/mol. The number of nitrogens with zero attached hydrogens (tertiary/aromatic N) is 5. The van der Waals surface area contributed by atoms with Crippen molar-refractivity contribution in [3.63, 3.8) is 0 Å². The van der Waals surface area contributed by atoms with Crippen LogP contribution in [0.3, 0.4) is 0 Å². The average molecular weight is 471 g/mol. The first-order chi connectivity index (χ1) is 17.1. The number of pyridine rings is 2. The number of anilines is 2. The van der Waals surface area contributed by atoms with Crippen LogP contribution in [0, 0.1) is 5.82 Å². The second-order valence-electron chi connectivity index (χ2n) is 9.35. The summed E-state index contributed by atoms with van der Waals surface area (Å²) in [7, 11) is 0. The molecule has 5 aromatic rings. The minimum atomic E-state index is -0.362. The SMILES string of the molecule is CC(C)Nc1cncc(-c2ccc3[nH]nc(-c4nc5nccc(N6CCCCC6)c5[nH]4)c3c2F)c1. The van der Waals surface area contributed by atoms with E-state index in [-0.39, 0.29) is 11.9 Å². The Morgan fingerprint density at radius 2 is 1.94 bits per heavy atom. The molecule has 1 saturated heterocycles. The minimum Gasteiger partial charge on any atom is -0.382 e. The van der Waals surface area contributed by atoms with Gasteiger partial charge in [-0.25, -0.2) is 14.4 Å². The van der Waals surface area contributed by atoms with Crippen molar-refractivity contribution < 1.29 is 4.39 Å². The summed E-state index contributed by atoms with van der Waals surface area (Å²) in [5.41, 5.74) is 5.58. The van der Waals surface area contributed by atoms with Gasteiger partial charge in [-0.2, -0.15) is 5.10 Å². The number of halogens is 1. The van der Waals surface area contributed by atoms with Crippen molar-refractivity contribution in [1.82, 2.24) is 30.1 Å². The zero-order chi connectivity index (χ0) is 23.9. The van der Waals surface area contributed by atoms with Crippen LogP contribution < -0.4 is 10.2 Å². The summed E-state index contributed by atoms with van der Waals surface area (Å²) in [6.07, 6.45) is 8.79. The Balaban J connectivity index is 1.45. The molecular formula is C26H27FN8. The lowest BCUT2D eigenvalue weighted by Crippen LogP contribution is -2.29. The number of fused-ring (bicyclic) bond motifs is 2. The number of aromatic amines is 2. The van der Waals surface area contributed by atoms with E-state index in [0.29, 0.717) is 39.2 Å². The number of aromatic nitrogens is 6. The summed E-state index contributed by atoms with van der Waals surface area (Å²) in [4.78, 5) is 19.2. The standard InChI is InChI=1S/C26H27FN8/c1-15(2)30-17-12-16(13-28-14-17)18-6-7-19-21(22(18)27)24(34-33-19)26-31-23-20(8-9-29-25(23)32-26)35-10-4-3-5-11-35/h6-9,12-15,30H,3-5,10-11H2,1-2H3,(H,33,34)(H,29,31,32). The molecule has 0 atom stereocenters. The van der Waals surface area contributed by atoms with E-state index in [1.54, 1.807) is 24.7 Å². The summed E-state index contributed by atoms with van der Waals surface area (Å²) in [5, 5.41) is 11.1. The van der Waals surface area contributed by atoms with Crippen LogP contribution in [0.15, 0.2) is 42.9 Å². The van der Waals surface area contributed by atoms with Crippen LogP contribution in [0.25, 0.3) is 44.7 Å². The highest BCUT2D eigenvalue weighted by molar-refractivity contribution is 5.97. The van der Waals surface area contributed by atoms with Gasteiger partial charge in [0.05, 0.1) is 22.3 Å². The van der Waals surface area contributed by atoms with Gasteiger partial charge >= 0.3 is 0 Å². The molecule has 35 heavy (non-hydrogen) atoms. The van der Waals surface area contributed by atoms with Crippen molar-refractivity contribution in [1.29, 1.82) is 0 Å². The number of hydrogen-bond donors (Lipinski definition) is 3. The molecule has 1 aliphatic rings. The maximum atomic E-state index is 16.0. The van der Waals surface area contributed by atoms with E-state index >= 15 is 4.39 Å². The molecule has 6 rings (SSSR count). The molecule has 8 nitrogen and oxygen atoms in total. The fraction of sp³-hybridized carbons (Fsp3) is 0.308. The van der Waals surface area contributed by atoms with Crippen molar-refractivity contribution in [2.75, 3.05) is 23.3 Å². The molecule has 1 aliphatic heterocycles. The maximum absolute atomic E-state index is 16.0. The van der Waals surface area contributed by atoms with Crippen LogP contribution in [0.4, 0.5) is 15.8 Å². The average Bonchev–Trinajstić information content (AvgIpc) is 3.49. The van der Waals surface area contributed by atoms with E-state index in [2.05, 4.69) is 54.2 Å². The van der Waals surface area contributed by atoms with Crippen molar-refractivity contribution in [2.24, 2.45) is 0 Å². The van der Waals surface area contributed by atoms with E-state index in [4.69, 9.17) is 0 Å². The van der Waals surface area contributed by atoms with Crippen molar-refractivity contribution >= 4 is 33.4 Å². The normalized spacial score (nSPS) is 14.3. The third-order valence-corrected chi connectivity index (χ3v) is 6.46. The molecule has 0 unspecified atom stereocenters. The molecule has 0 saturated carbocycles. The van der Waals surface area contributed by atoms with Crippen molar-refractivity contribution in [2.45, 2.75) is 39.2 Å². The van der Waals surface area contributed by atoms with Gasteiger partial charge in [-0.3, -0.25) is 10.1 Å². The van der Waals surface area contributed by atoms with E-state index in [0.717, 1.165) is 30.0 Å². The monoisotopic (exact) mass is 470 g/mol. The third-order valence-electron chi connectivity index (χ3n) is 6.46. The lowest BCUT2D eigenvalue weighted by molar-refractivity contribution is 0.578. The second kappa shape index (κ2) is 8.65. The third kappa shape index (κ3) is 3.86. The predicted molar refractivity (Wildman–Crippen MR) is 137 cm³/mol. The summed E-state index contributed by atoms with van der Waals surface area (Å²) in [6.45, 7) is 6.12. The predicted octanol–water partition coefficient (Wildman–Crippen LogP) is 5.51. The Labute approximate surface area is 202 Å². The Hall–Kier alpha value is -4.01. The van der Waals surface area contributed by atoms with Gasteiger partial charge in [-0.05, 0) is 57.4 Å². The number of H-pyrrole nitrogens is 2. The summed E-state index contributed by atoms with van der Waals surface area (Å²) >= 11 is 0. The van der Waals surface area contributed by atoms with Crippen LogP contribution in [-0.2, 0) is 0 Å². The van der Waals surface area contributed by atoms with E-state index in [9.17, 15) is 0 Å².